The molecule has 13 aromatic rings. The second kappa shape index (κ2) is 142. The molecule has 0 N–H and O–H groups in total. The Morgan fingerprint density at radius 1 is 0.0992 bits per heavy atom. The van der Waals surface area contributed by atoms with Crippen LogP contribution in [0.5, 0.6) is 0 Å². The van der Waals surface area contributed by atoms with Crippen molar-refractivity contribution in [3.63, 3.8) is 0 Å². The second-order valence-electron chi connectivity index (χ2n) is 19.9. The van der Waals surface area contributed by atoms with E-state index in [0.717, 1.165) is 0 Å². The molecule has 686 valence electrons. The van der Waals surface area contributed by atoms with Crippen molar-refractivity contribution in [2.24, 2.45) is 0 Å². The molecule has 0 saturated carbocycles. The second-order valence-corrected chi connectivity index (χ2v) is 19.9. The van der Waals surface area contributed by atoms with Gasteiger partial charge in [0.25, 0.3) is 0 Å². The summed E-state index contributed by atoms with van der Waals surface area (Å²) in [5, 5.41) is 7.96. The van der Waals surface area contributed by atoms with E-state index in [1.165, 1.54) is 93.5 Å². The maximum atomic E-state index is 2.27. The molecule has 0 atom stereocenters. The first-order valence-corrected chi connectivity index (χ1v) is 48.0. The van der Waals surface area contributed by atoms with Crippen LogP contribution in [-0.4, -0.2) is 0 Å². The minimum absolute atomic E-state index is 1.28. The van der Waals surface area contributed by atoms with Crippen LogP contribution in [0.15, 0.2) is 334 Å². The van der Waals surface area contributed by atoms with Gasteiger partial charge < -0.3 is 0 Å². The Labute approximate surface area is 761 Å². The summed E-state index contributed by atoms with van der Waals surface area (Å²) in [6.45, 7) is 99.2. The third-order valence-corrected chi connectivity index (χ3v) is 12.9. The average molecular weight is 1660 g/mol. The molecule has 0 heterocycles. The molecule has 13 aromatic carbocycles. The molecule has 0 saturated heterocycles. The van der Waals surface area contributed by atoms with E-state index in [4.69, 9.17) is 0 Å². The fourth-order valence-electron chi connectivity index (χ4n) is 8.08. The van der Waals surface area contributed by atoms with E-state index in [2.05, 4.69) is 293 Å². The molecule has 0 aliphatic rings. The van der Waals surface area contributed by atoms with Crippen molar-refractivity contribution < 1.29 is 0 Å². The minimum Gasteiger partial charge on any atom is -0.0683 e. The Morgan fingerprint density at radius 2 is 0.223 bits per heavy atom. The predicted molar refractivity (Wildman–Crippen MR) is 586 cm³/mol. The molecule has 0 aliphatic heterocycles. The van der Waals surface area contributed by atoms with Gasteiger partial charge in [-0.3, -0.25) is 0 Å². The standard InChI is InChI=1S/C14H16.C12H10.2C10H8.2C8H10.C7H8.2C6H6.20C2H6/c1-9-5-13-7-11(3)12(4)8-14(13)6-10(9)2;1-3-7-11(8-4-1)12-9-5-2-6-10-12;2*1-2-6-10-8-4-3-7-9(10)5-1;1-7-3-5-8(2)6-4-7;1-7-4-3-5-8(2)6-7;1-7-5-3-2-4-6-7;2*1-2-4-6-5-3-1;20*1-2/h5-8H,1-4H3;1-10H;2*1-8H;2*3-6H,1-2H3;2-6H,1H3;2*1-6H;20*1-2H3. The molecule has 0 fully saturated rings. The lowest BCUT2D eigenvalue weighted by Crippen LogP contribution is -1.85. The average Bonchev–Trinajstić information content (AvgIpc) is 0.809. The zero-order chi connectivity index (χ0) is 97.7. The van der Waals surface area contributed by atoms with Crippen LogP contribution in [0.4, 0.5) is 0 Å². The quantitative estimate of drug-likeness (QED) is 0.154. The van der Waals surface area contributed by atoms with Crippen LogP contribution >= 0.6 is 0 Å². The monoisotopic (exact) mass is 1660 g/mol. The number of benzene rings is 13. The topological polar surface area (TPSA) is 0 Å². The summed E-state index contributed by atoms with van der Waals surface area (Å²) in [5.41, 5.74) is 14.7. The van der Waals surface area contributed by atoms with Gasteiger partial charge in [0.2, 0.25) is 0 Å². The lowest BCUT2D eigenvalue weighted by molar-refractivity contribution is 1.34. The van der Waals surface area contributed by atoms with Crippen LogP contribution in [0.1, 0.15) is 327 Å². The van der Waals surface area contributed by atoms with Crippen molar-refractivity contribution in [2.75, 3.05) is 0 Å². The molecule has 0 unspecified atom stereocenters. The highest BCUT2D eigenvalue weighted by molar-refractivity contribution is 5.86. The SMILES string of the molecule is CC.CC.CC.CC.CC.CC.CC.CC.CC.CC.CC.CC.CC.CC.CC.CC.CC.CC.CC.CC.Cc1cc2cc(C)c(C)cc2cc1C.Cc1ccc(C)cc1.Cc1cccc(C)c1.Cc1ccccc1.c1ccc(-c2ccccc2)cc1.c1ccc2ccccc2c1.c1ccc2ccccc2c1.c1ccccc1.c1ccccc1. The van der Waals surface area contributed by atoms with Gasteiger partial charge in [-0.25, -0.2) is 0 Å². The van der Waals surface area contributed by atoms with Crippen LogP contribution in [0.2, 0.25) is 0 Å². The van der Waals surface area contributed by atoms with Gasteiger partial charge in [0.05, 0.1) is 0 Å². The Kier molecular flexibility index (Phi) is 176. The minimum atomic E-state index is 1.28. The highest BCUT2D eigenvalue weighted by Crippen LogP contribution is 2.23. The van der Waals surface area contributed by atoms with Crippen LogP contribution in [0.3, 0.4) is 0 Å². The maximum absolute atomic E-state index is 2.27. The summed E-state index contributed by atoms with van der Waals surface area (Å²) in [6, 6.07) is 114. The number of aryl methyl sites for hydroxylation is 9. The van der Waals surface area contributed by atoms with Gasteiger partial charge in [0, 0.05) is 0 Å². The van der Waals surface area contributed by atoms with Crippen molar-refractivity contribution in [3.05, 3.63) is 384 Å². The van der Waals surface area contributed by atoms with Gasteiger partial charge in [-0.15, -0.1) is 0 Å². The first kappa shape index (κ1) is 149. The van der Waals surface area contributed by atoms with Crippen LogP contribution in [-0.2, 0) is 0 Å². The van der Waals surface area contributed by atoms with Crippen LogP contribution in [0, 0.1) is 62.3 Å². The molecule has 0 heteroatoms. The summed E-state index contributed by atoms with van der Waals surface area (Å²) in [5.74, 6) is 0. The van der Waals surface area contributed by atoms with Gasteiger partial charge in [-0.1, -0.05) is 638 Å². The van der Waals surface area contributed by atoms with E-state index < -0.39 is 0 Å². The van der Waals surface area contributed by atoms with Crippen LogP contribution in [0.25, 0.3) is 43.4 Å². The number of hydrogen-bond acceptors (Lipinski definition) is 0. The van der Waals surface area contributed by atoms with Crippen molar-refractivity contribution in [1.82, 2.24) is 0 Å². The van der Waals surface area contributed by atoms with Crippen molar-refractivity contribution in [2.45, 2.75) is 339 Å². The molecular formula is C121H202. The summed E-state index contributed by atoms with van der Waals surface area (Å²) in [7, 11) is 0. The van der Waals surface area contributed by atoms with E-state index in [1.807, 2.05) is 380 Å². The molecule has 0 spiro atoms. The maximum Gasteiger partial charge on any atom is -0.0178 e. The highest BCUT2D eigenvalue weighted by Gasteiger charge is 2.01. The third kappa shape index (κ3) is 99.4. The van der Waals surface area contributed by atoms with E-state index in [9.17, 15) is 0 Å². The molecule has 0 radical (unpaired) electrons. The van der Waals surface area contributed by atoms with Gasteiger partial charge in [0.15, 0.2) is 0 Å². The first-order valence-electron chi connectivity index (χ1n) is 48.0. The normalized spacial score (nSPS) is 7.38. The first-order chi connectivity index (χ1) is 59.4. The summed E-state index contributed by atoms with van der Waals surface area (Å²) in [6.07, 6.45) is 0. The molecule has 0 aromatic heterocycles. The molecule has 0 amide bonds. The molecule has 0 nitrogen and oxygen atoms in total. The highest BCUT2D eigenvalue weighted by atomic mass is 14.1. The zero-order valence-electron chi connectivity index (χ0n) is 89.3. The molecule has 0 bridgehead atoms. The summed E-state index contributed by atoms with van der Waals surface area (Å²) >= 11 is 0. The van der Waals surface area contributed by atoms with E-state index in [0.29, 0.717) is 0 Å². The van der Waals surface area contributed by atoms with Gasteiger partial charge in [-0.2, -0.15) is 0 Å². The molecule has 13 rings (SSSR count). The van der Waals surface area contributed by atoms with Crippen molar-refractivity contribution >= 4 is 32.3 Å². The largest absolute Gasteiger partial charge is 0.0683 e. The number of fused-ring (bicyclic) bond motifs is 3. The summed E-state index contributed by atoms with van der Waals surface area (Å²) < 4.78 is 0. The van der Waals surface area contributed by atoms with Crippen molar-refractivity contribution in [1.29, 1.82) is 0 Å². The fraction of sp³-hybridized carbons (Fsp3) is 0.405. The predicted octanol–water partition coefficient (Wildman–Crippen LogP) is 43.6. The molecule has 121 heavy (non-hydrogen) atoms. The van der Waals surface area contributed by atoms with E-state index in [-0.39, 0.29) is 0 Å². The number of rotatable bonds is 1. The van der Waals surface area contributed by atoms with E-state index >= 15 is 0 Å². The Hall–Kier alpha value is -9.36. The smallest absolute Gasteiger partial charge is 0.0178 e. The van der Waals surface area contributed by atoms with E-state index in [1.54, 1.807) is 0 Å². The van der Waals surface area contributed by atoms with Gasteiger partial charge in [0.1, 0.15) is 0 Å². The number of hydrogen-bond donors (Lipinski definition) is 0. The van der Waals surface area contributed by atoms with Crippen molar-refractivity contribution in [3.8, 4) is 11.1 Å². The van der Waals surface area contributed by atoms with Gasteiger partial charge in [-0.05, 0) is 128 Å². The van der Waals surface area contributed by atoms with Crippen LogP contribution < -0.4 is 0 Å². The summed E-state index contributed by atoms with van der Waals surface area (Å²) in [4.78, 5) is 0. The molecular weight excluding hydrogens is 1450 g/mol. The zero-order valence-corrected chi connectivity index (χ0v) is 89.3. The van der Waals surface area contributed by atoms with Gasteiger partial charge >= 0.3 is 0 Å². The lowest BCUT2D eigenvalue weighted by atomic mass is 9.98. The Bertz CT molecular complexity index is 3240. The third-order valence-electron chi connectivity index (χ3n) is 12.9. The lowest BCUT2D eigenvalue weighted by Gasteiger charge is -2.07. The Morgan fingerprint density at radius 3 is 0.355 bits per heavy atom. The molecule has 0 aliphatic carbocycles. The Balaban J connectivity index is -0.0000000700. The fourth-order valence-corrected chi connectivity index (χ4v) is 8.08.